The summed E-state index contributed by atoms with van der Waals surface area (Å²) in [5.74, 6) is 0.386. The first-order chi connectivity index (χ1) is 7.22. The van der Waals surface area contributed by atoms with E-state index in [-0.39, 0.29) is 12.4 Å². The molecule has 1 aliphatic heterocycles. The Hall–Kier alpha value is -1.04. The number of ether oxygens (including phenoxy) is 1. The van der Waals surface area contributed by atoms with Gasteiger partial charge in [-0.3, -0.25) is 4.79 Å². The van der Waals surface area contributed by atoms with Gasteiger partial charge < -0.3 is 10.5 Å². The Kier molecular flexibility index (Phi) is 5.17. The summed E-state index contributed by atoms with van der Waals surface area (Å²) >= 11 is 1.39. The molecule has 0 spiro atoms. The minimum atomic E-state index is -0.238. The van der Waals surface area contributed by atoms with E-state index in [1.807, 2.05) is 6.92 Å². The third-order valence-corrected chi connectivity index (χ3v) is 2.64. The van der Waals surface area contributed by atoms with Gasteiger partial charge in [0.1, 0.15) is 0 Å². The van der Waals surface area contributed by atoms with Crippen molar-refractivity contribution >= 4 is 28.6 Å². The molecule has 1 rings (SSSR count). The Morgan fingerprint density at radius 3 is 3.00 bits per heavy atom. The summed E-state index contributed by atoms with van der Waals surface area (Å²) in [6.45, 7) is 2.54. The summed E-state index contributed by atoms with van der Waals surface area (Å²) in [6, 6.07) is 0. The molecule has 0 aromatic carbocycles. The summed E-state index contributed by atoms with van der Waals surface area (Å²) in [5.41, 5.74) is 6.13. The monoisotopic (exact) mass is 229 g/mol. The standard InChI is InChI=1S/C9H15N3O2S/c1-2-3-4-14-8(13)5-7-6-15-9(10)12-11-7/h2-6H2,1H3,(H2,10,12). The summed E-state index contributed by atoms with van der Waals surface area (Å²) in [4.78, 5) is 11.3. The number of esters is 1. The van der Waals surface area contributed by atoms with E-state index in [0.717, 1.165) is 18.6 Å². The molecule has 0 fully saturated rings. The van der Waals surface area contributed by atoms with Crippen LogP contribution in [0, 0.1) is 0 Å². The molecule has 0 unspecified atom stereocenters. The second-order valence-corrected chi connectivity index (χ2v) is 4.14. The normalized spacial score (nSPS) is 15.5. The van der Waals surface area contributed by atoms with E-state index >= 15 is 0 Å². The lowest BCUT2D eigenvalue weighted by Gasteiger charge is -2.08. The molecule has 0 amide bonds. The van der Waals surface area contributed by atoms with Crippen LogP contribution in [0.5, 0.6) is 0 Å². The van der Waals surface area contributed by atoms with Crippen LogP contribution in [0.15, 0.2) is 10.2 Å². The van der Waals surface area contributed by atoms with Crippen LogP contribution in [0.2, 0.25) is 0 Å². The van der Waals surface area contributed by atoms with Gasteiger partial charge in [0.2, 0.25) is 0 Å². The lowest BCUT2D eigenvalue weighted by molar-refractivity contribution is -0.142. The van der Waals surface area contributed by atoms with Crippen molar-refractivity contribution in [1.29, 1.82) is 0 Å². The second kappa shape index (κ2) is 6.44. The van der Waals surface area contributed by atoms with Gasteiger partial charge in [0.05, 0.1) is 18.7 Å². The number of carbonyl (C=O) groups excluding carboxylic acids is 1. The Balaban J connectivity index is 2.26. The Bertz CT molecular complexity index is 289. The maximum atomic E-state index is 11.3. The molecule has 5 nitrogen and oxygen atoms in total. The zero-order valence-electron chi connectivity index (χ0n) is 8.73. The van der Waals surface area contributed by atoms with Gasteiger partial charge in [-0.05, 0) is 6.42 Å². The number of hydrogen-bond donors (Lipinski definition) is 1. The Morgan fingerprint density at radius 1 is 1.60 bits per heavy atom. The van der Waals surface area contributed by atoms with Crippen LogP contribution < -0.4 is 5.73 Å². The molecule has 6 heteroatoms. The molecule has 0 aromatic heterocycles. The minimum absolute atomic E-state index is 0.216. The van der Waals surface area contributed by atoms with E-state index in [1.54, 1.807) is 0 Å². The highest BCUT2D eigenvalue weighted by Gasteiger charge is 2.12. The molecule has 0 saturated carbocycles. The van der Waals surface area contributed by atoms with Gasteiger partial charge in [0.15, 0.2) is 5.17 Å². The smallest absolute Gasteiger partial charge is 0.311 e. The van der Waals surface area contributed by atoms with Crippen molar-refractivity contribution in [2.24, 2.45) is 15.9 Å². The molecule has 0 aliphatic carbocycles. The van der Waals surface area contributed by atoms with Crippen LogP contribution >= 0.6 is 11.8 Å². The number of carbonyl (C=O) groups is 1. The SMILES string of the molecule is CCCCOC(=O)CC1=NN=C(N)SC1. The van der Waals surface area contributed by atoms with Gasteiger partial charge in [-0.1, -0.05) is 25.1 Å². The highest BCUT2D eigenvalue weighted by atomic mass is 32.2. The third kappa shape index (κ3) is 4.83. The fourth-order valence-electron chi connectivity index (χ4n) is 0.969. The number of thioether (sulfide) groups is 1. The Labute approximate surface area is 93.2 Å². The molecule has 15 heavy (non-hydrogen) atoms. The van der Waals surface area contributed by atoms with E-state index in [2.05, 4.69) is 10.2 Å². The number of unbranched alkanes of at least 4 members (excludes halogenated alkanes) is 1. The molecule has 0 aromatic rings. The number of rotatable bonds is 5. The first kappa shape index (κ1) is 12.0. The average molecular weight is 229 g/mol. The lowest BCUT2D eigenvalue weighted by Crippen LogP contribution is -2.19. The number of hydrogen-bond acceptors (Lipinski definition) is 6. The van der Waals surface area contributed by atoms with E-state index in [9.17, 15) is 4.79 Å². The van der Waals surface area contributed by atoms with Gasteiger partial charge in [-0.15, -0.1) is 5.10 Å². The molecule has 1 aliphatic rings. The third-order valence-electron chi connectivity index (χ3n) is 1.79. The van der Waals surface area contributed by atoms with Crippen molar-refractivity contribution in [1.82, 2.24) is 0 Å². The van der Waals surface area contributed by atoms with Crippen LogP contribution in [0.25, 0.3) is 0 Å². The largest absolute Gasteiger partial charge is 0.465 e. The molecule has 0 saturated heterocycles. The molecular formula is C9H15N3O2S. The maximum Gasteiger partial charge on any atom is 0.311 e. The van der Waals surface area contributed by atoms with E-state index in [4.69, 9.17) is 10.5 Å². The van der Waals surface area contributed by atoms with Crippen LogP contribution in [0.1, 0.15) is 26.2 Å². The topological polar surface area (TPSA) is 77.0 Å². The predicted octanol–water partition coefficient (Wildman–Crippen LogP) is 1.14. The predicted molar refractivity (Wildman–Crippen MR) is 62.0 cm³/mol. The van der Waals surface area contributed by atoms with Crippen LogP contribution in [0.3, 0.4) is 0 Å². The molecule has 0 bridgehead atoms. The zero-order valence-corrected chi connectivity index (χ0v) is 9.55. The number of nitrogens with zero attached hydrogens (tertiary/aromatic N) is 2. The highest BCUT2D eigenvalue weighted by molar-refractivity contribution is 8.14. The summed E-state index contributed by atoms with van der Waals surface area (Å²) in [5, 5.41) is 7.98. The van der Waals surface area contributed by atoms with Gasteiger partial charge >= 0.3 is 5.97 Å². The molecule has 0 radical (unpaired) electrons. The van der Waals surface area contributed by atoms with Crippen molar-refractivity contribution in [2.75, 3.05) is 12.4 Å². The first-order valence-electron chi connectivity index (χ1n) is 4.89. The highest BCUT2D eigenvalue weighted by Crippen LogP contribution is 2.09. The van der Waals surface area contributed by atoms with E-state index < -0.39 is 0 Å². The van der Waals surface area contributed by atoms with Crippen molar-refractivity contribution < 1.29 is 9.53 Å². The maximum absolute atomic E-state index is 11.3. The zero-order chi connectivity index (χ0) is 11.1. The Morgan fingerprint density at radius 2 is 2.40 bits per heavy atom. The molecule has 0 atom stereocenters. The lowest BCUT2D eigenvalue weighted by atomic mass is 10.3. The summed E-state index contributed by atoms with van der Waals surface area (Å²) in [7, 11) is 0. The van der Waals surface area contributed by atoms with Gasteiger partial charge in [-0.25, -0.2) is 0 Å². The second-order valence-electron chi connectivity index (χ2n) is 3.14. The quantitative estimate of drug-likeness (QED) is 0.566. The van der Waals surface area contributed by atoms with Crippen molar-refractivity contribution in [3.8, 4) is 0 Å². The van der Waals surface area contributed by atoms with Gasteiger partial charge in [0.25, 0.3) is 0 Å². The van der Waals surface area contributed by atoms with E-state index in [1.165, 1.54) is 11.8 Å². The van der Waals surface area contributed by atoms with Gasteiger partial charge in [0, 0.05) is 5.75 Å². The van der Waals surface area contributed by atoms with Crippen LogP contribution in [-0.4, -0.2) is 29.2 Å². The molecule has 84 valence electrons. The fourth-order valence-corrected chi connectivity index (χ4v) is 1.54. The van der Waals surface area contributed by atoms with Crippen molar-refractivity contribution in [3.63, 3.8) is 0 Å². The summed E-state index contributed by atoms with van der Waals surface area (Å²) in [6.07, 6.45) is 2.14. The van der Waals surface area contributed by atoms with Gasteiger partial charge in [-0.2, -0.15) is 5.10 Å². The summed E-state index contributed by atoms with van der Waals surface area (Å²) < 4.78 is 5.00. The fraction of sp³-hybridized carbons (Fsp3) is 0.667. The average Bonchev–Trinajstić information content (AvgIpc) is 2.22. The first-order valence-corrected chi connectivity index (χ1v) is 5.88. The van der Waals surface area contributed by atoms with Crippen molar-refractivity contribution in [3.05, 3.63) is 0 Å². The van der Waals surface area contributed by atoms with Crippen molar-refractivity contribution in [2.45, 2.75) is 26.2 Å². The molecule has 2 N–H and O–H groups in total. The van der Waals surface area contributed by atoms with Crippen LogP contribution in [-0.2, 0) is 9.53 Å². The van der Waals surface area contributed by atoms with Crippen LogP contribution in [0.4, 0.5) is 0 Å². The van der Waals surface area contributed by atoms with E-state index in [0.29, 0.717) is 17.5 Å². The molecular weight excluding hydrogens is 214 g/mol. The molecule has 1 heterocycles. The minimum Gasteiger partial charge on any atom is -0.465 e. The number of nitrogens with two attached hydrogens (primary N) is 1. The number of amidine groups is 1.